The first-order valence-corrected chi connectivity index (χ1v) is 4.40. The summed E-state index contributed by atoms with van der Waals surface area (Å²) in [6.07, 6.45) is 2.07. The van der Waals surface area contributed by atoms with E-state index in [-0.39, 0.29) is 0 Å². The fourth-order valence-corrected chi connectivity index (χ4v) is 1.29. The molecule has 2 heteroatoms. The smallest absolute Gasteiger partial charge is 0.0519 e. The molecule has 0 fully saturated rings. The molecular weight excluding hydrogens is 148 g/mol. The van der Waals surface area contributed by atoms with Gasteiger partial charge in [0.05, 0.1) is 5.69 Å². The van der Waals surface area contributed by atoms with E-state index in [1.165, 1.54) is 11.1 Å². The molecule has 1 rings (SSSR count). The van der Waals surface area contributed by atoms with E-state index in [0.717, 1.165) is 18.5 Å². The summed E-state index contributed by atoms with van der Waals surface area (Å²) >= 11 is 0. The van der Waals surface area contributed by atoms with Crippen LogP contribution in [0.15, 0.2) is 18.2 Å². The molecule has 2 nitrogen and oxygen atoms in total. The number of rotatable bonds is 3. The summed E-state index contributed by atoms with van der Waals surface area (Å²) < 4.78 is 0. The SMILES string of the molecule is CCc1ccc(CC)c(NN)c1. The lowest BCUT2D eigenvalue weighted by atomic mass is 10.1. The first kappa shape index (κ1) is 9.07. The number of aryl methyl sites for hydroxylation is 2. The second-order valence-corrected chi connectivity index (χ2v) is 2.84. The Bertz CT molecular complexity index is 256. The Morgan fingerprint density at radius 1 is 1.25 bits per heavy atom. The Balaban J connectivity index is 3.02. The fraction of sp³-hybridized carbons (Fsp3) is 0.400. The molecule has 1 aromatic rings. The monoisotopic (exact) mass is 164 g/mol. The molecule has 0 saturated heterocycles. The van der Waals surface area contributed by atoms with Gasteiger partial charge in [-0.15, -0.1) is 0 Å². The number of hydrogen-bond acceptors (Lipinski definition) is 2. The van der Waals surface area contributed by atoms with Crippen LogP contribution in [0.1, 0.15) is 25.0 Å². The maximum atomic E-state index is 5.40. The van der Waals surface area contributed by atoms with E-state index in [1.807, 2.05) is 0 Å². The lowest BCUT2D eigenvalue weighted by Crippen LogP contribution is -2.09. The van der Waals surface area contributed by atoms with E-state index >= 15 is 0 Å². The molecule has 0 aliphatic rings. The molecular formula is C10H16N2. The van der Waals surface area contributed by atoms with Crippen molar-refractivity contribution in [3.05, 3.63) is 29.3 Å². The maximum Gasteiger partial charge on any atom is 0.0519 e. The summed E-state index contributed by atoms with van der Waals surface area (Å²) in [7, 11) is 0. The van der Waals surface area contributed by atoms with Gasteiger partial charge in [-0.05, 0) is 30.0 Å². The molecule has 0 atom stereocenters. The maximum absolute atomic E-state index is 5.40. The van der Waals surface area contributed by atoms with Gasteiger partial charge in [-0.3, -0.25) is 5.84 Å². The first-order valence-electron chi connectivity index (χ1n) is 4.40. The number of benzene rings is 1. The zero-order valence-corrected chi connectivity index (χ0v) is 7.72. The predicted molar refractivity (Wildman–Crippen MR) is 53.0 cm³/mol. The lowest BCUT2D eigenvalue weighted by Gasteiger charge is -2.08. The summed E-state index contributed by atoms with van der Waals surface area (Å²) in [6.45, 7) is 4.27. The fourth-order valence-electron chi connectivity index (χ4n) is 1.29. The van der Waals surface area contributed by atoms with Crippen molar-refractivity contribution in [1.29, 1.82) is 0 Å². The van der Waals surface area contributed by atoms with Crippen LogP contribution >= 0.6 is 0 Å². The van der Waals surface area contributed by atoms with Crippen LogP contribution in [0.3, 0.4) is 0 Å². The van der Waals surface area contributed by atoms with E-state index in [2.05, 4.69) is 37.5 Å². The van der Waals surface area contributed by atoms with Gasteiger partial charge >= 0.3 is 0 Å². The number of hydrogen-bond donors (Lipinski definition) is 2. The molecule has 0 spiro atoms. The largest absolute Gasteiger partial charge is 0.324 e. The van der Waals surface area contributed by atoms with Crippen LogP contribution in [-0.4, -0.2) is 0 Å². The summed E-state index contributed by atoms with van der Waals surface area (Å²) in [5.41, 5.74) is 6.37. The number of nitrogens with two attached hydrogens (primary N) is 1. The van der Waals surface area contributed by atoms with Gasteiger partial charge in [0.15, 0.2) is 0 Å². The zero-order chi connectivity index (χ0) is 8.97. The molecule has 0 amide bonds. The third-order valence-corrected chi connectivity index (χ3v) is 2.12. The minimum Gasteiger partial charge on any atom is -0.324 e. The van der Waals surface area contributed by atoms with Gasteiger partial charge in [0, 0.05) is 0 Å². The molecule has 12 heavy (non-hydrogen) atoms. The van der Waals surface area contributed by atoms with Crippen molar-refractivity contribution in [2.75, 3.05) is 5.43 Å². The van der Waals surface area contributed by atoms with Crippen LogP contribution in [0.2, 0.25) is 0 Å². The molecule has 0 radical (unpaired) electrons. The highest BCUT2D eigenvalue weighted by molar-refractivity contribution is 5.52. The minimum absolute atomic E-state index is 1.02. The van der Waals surface area contributed by atoms with Crippen molar-refractivity contribution >= 4 is 5.69 Å². The molecule has 66 valence electrons. The molecule has 0 saturated carbocycles. The van der Waals surface area contributed by atoms with E-state index < -0.39 is 0 Å². The van der Waals surface area contributed by atoms with Crippen molar-refractivity contribution < 1.29 is 0 Å². The van der Waals surface area contributed by atoms with Gasteiger partial charge in [0.1, 0.15) is 0 Å². The van der Waals surface area contributed by atoms with Crippen LogP contribution < -0.4 is 11.3 Å². The van der Waals surface area contributed by atoms with Gasteiger partial charge in [0.2, 0.25) is 0 Å². The van der Waals surface area contributed by atoms with E-state index in [9.17, 15) is 0 Å². The Labute approximate surface area is 73.8 Å². The van der Waals surface area contributed by atoms with Gasteiger partial charge in [-0.25, -0.2) is 0 Å². The highest BCUT2D eigenvalue weighted by Crippen LogP contribution is 2.17. The number of hydrazine groups is 1. The standard InChI is InChI=1S/C10H16N2/c1-3-8-5-6-9(4-2)10(7-8)12-11/h5-7,12H,3-4,11H2,1-2H3. The quantitative estimate of drug-likeness (QED) is 0.530. The lowest BCUT2D eigenvalue weighted by molar-refractivity contribution is 1.09. The van der Waals surface area contributed by atoms with E-state index in [1.54, 1.807) is 0 Å². The molecule has 1 aromatic carbocycles. The zero-order valence-electron chi connectivity index (χ0n) is 7.72. The topological polar surface area (TPSA) is 38.0 Å². The molecule has 0 heterocycles. The predicted octanol–water partition coefficient (Wildman–Crippen LogP) is 2.10. The van der Waals surface area contributed by atoms with Crippen LogP contribution in [0.4, 0.5) is 5.69 Å². The van der Waals surface area contributed by atoms with Gasteiger partial charge in [-0.2, -0.15) is 0 Å². The molecule has 0 bridgehead atoms. The Morgan fingerprint density at radius 3 is 2.50 bits per heavy atom. The van der Waals surface area contributed by atoms with E-state index in [4.69, 9.17) is 5.84 Å². The Hall–Kier alpha value is -1.02. The summed E-state index contributed by atoms with van der Waals surface area (Å²) in [4.78, 5) is 0. The number of nitrogen functional groups attached to an aromatic ring is 1. The second kappa shape index (κ2) is 4.12. The molecule has 0 aromatic heterocycles. The average Bonchev–Trinajstić information content (AvgIpc) is 2.16. The third kappa shape index (κ3) is 1.77. The van der Waals surface area contributed by atoms with Crippen molar-refractivity contribution in [3.63, 3.8) is 0 Å². The Kier molecular flexibility index (Phi) is 3.11. The van der Waals surface area contributed by atoms with Crippen molar-refractivity contribution in [1.82, 2.24) is 0 Å². The van der Waals surface area contributed by atoms with Gasteiger partial charge in [-0.1, -0.05) is 26.0 Å². The molecule has 3 N–H and O–H groups in total. The third-order valence-electron chi connectivity index (χ3n) is 2.12. The van der Waals surface area contributed by atoms with Crippen molar-refractivity contribution in [3.8, 4) is 0 Å². The summed E-state index contributed by atoms with van der Waals surface area (Å²) in [6, 6.07) is 6.40. The van der Waals surface area contributed by atoms with Gasteiger partial charge < -0.3 is 5.43 Å². The van der Waals surface area contributed by atoms with Crippen LogP contribution in [0.5, 0.6) is 0 Å². The highest BCUT2D eigenvalue weighted by atomic mass is 15.2. The second-order valence-electron chi connectivity index (χ2n) is 2.84. The van der Waals surface area contributed by atoms with Crippen molar-refractivity contribution in [2.24, 2.45) is 5.84 Å². The highest BCUT2D eigenvalue weighted by Gasteiger charge is 1.98. The van der Waals surface area contributed by atoms with Gasteiger partial charge in [0.25, 0.3) is 0 Å². The normalized spacial score (nSPS) is 9.92. The molecule has 0 aliphatic heterocycles. The number of anilines is 1. The first-order chi connectivity index (χ1) is 5.81. The van der Waals surface area contributed by atoms with Crippen molar-refractivity contribution in [2.45, 2.75) is 26.7 Å². The molecule has 0 unspecified atom stereocenters. The Morgan fingerprint density at radius 2 is 2.00 bits per heavy atom. The average molecular weight is 164 g/mol. The summed E-state index contributed by atoms with van der Waals surface area (Å²) in [5, 5.41) is 0. The van der Waals surface area contributed by atoms with E-state index in [0.29, 0.717) is 0 Å². The molecule has 0 aliphatic carbocycles. The minimum atomic E-state index is 1.02. The summed E-state index contributed by atoms with van der Waals surface area (Å²) in [5.74, 6) is 5.40. The van der Waals surface area contributed by atoms with Crippen LogP contribution in [-0.2, 0) is 12.8 Å². The van der Waals surface area contributed by atoms with Crippen LogP contribution in [0, 0.1) is 0 Å². The number of nitrogens with one attached hydrogen (secondary N) is 1. The van der Waals surface area contributed by atoms with Crippen LogP contribution in [0.25, 0.3) is 0 Å².